The first-order chi connectivity index (χ1) is 32.4. The molecular formula is C62H40BN3. The second-order valence-corrected chi connectivity index (χ2v) is 19.6. The van der Waals surface area contributed by atoms with Crippen LogP contribution in [0.15, 0.2) is 170 Å². The first-order valence-electron chi connectivity index (χ1n) is 23.4. The molecule has 0 saturated carbocycles. The second-order valence-electron chi connectivity index (χ2n) is 19.6. The van der Waals surface area contributed by atoms with Crippen LogP contribution in [-0.2, 0) is 0 Å². The Morgan fingerprint density at radius 3 is 1.18 bits per heavy atom. The van der Waals surface area contributed by atoms with Gasteiger partial charge in [0.15, 0.2) is 0 Å². The van der Waals surface area contributed by atoms with Gasteiger partial charge >= 0.3 is 0 Å². The molecule has 0 aliphatic carbocycles. The minimum absolute atomic E-state index is 0.0160. The lowest BCUT2D eigenvalue weighted by atomic mass is 9.34. The van der Waals surface area contributed by atoms with Crippen LogP contribution in [0.5, 0.6) is 0 Å². The van der Waals surface area contributed by atoms with E-state index in [4.69, 9.17) is 0 Å². The Kier molecular flexibility index (Phi) is 6.40. The van der Waals surface area contributed by atoms with Gasteiger partial charge in [-0.3, -0.25) is 0 Å². The van der Waals surface area contributed by atoms with E-state index in [9.17, 15) is 0 Å². The summed E-state index contributed by atoms with van der Waals surface area (Å²) in [6, 6.07) is 65.9. The smallest absolute Gasteiger partial charge is 0.252 e. The first-order valence-corrected chi connectivity index (χ1v) is 23.4. The molecule has 11 aromatic carbocycles. The highest BCUT2D eigenvalue weighted by Gasteiger charge is 2.42. The maximum absolute atomic E-state index is 2.67. The maximum atomic E-state index is 2.67. The lowest BCUT2D eigenvalue weighted by molar-refractivity contribution is 1.10. The molecule has 0 radical (unpaired) electrons. The normalized spacial score (nSPS) is 13.1. The molecule has 16 rings (SSSR count). The van der Waals surface area contributed by atoms with E-state index >= 15 is 0 Å². The Bertz CT molecular complexity index is 4340. The van der Waals surface area contributed by atoms with Crippen LogP contribution in [0.3, 0.4) is 0 Å². The Labute approximate surface area is 380 Å². The third kappa shape index (κ3) is 4.22. The maximum Gasteiger partial charge on any atom is 0.252 e. The number of aryl methyl sites for hydroxylation is 4. The molecule has 0 spiro atoms. The van der Waals surface area contributed by atoms with Gasteiger partial charge < -0.3 is 13.7 Å². The summed E-state index contributed by atoms with van der Waals surface area (Å²) in [6.07, 6.45) is 0. The van der Waals surface area contributed by atoms with Crippen LogP contribution in [0, 0.1) is 27.7 Å². The van der Waals surface area contributed by atoms with Crippen molar-refractivity contribution in [3.8, 4) is 17.1 Å². The number of para-hydroxylation sites is 2. The van der Waals surface area contributed by atoms with Gasteiger partial charge in [0.1, 0.15) is 0 Å². The first kappa shape index (κ1) is 35.3. The van der Waals surface area contributed by atoms with E-state index in [1.54, 1.807) is 0 Å². The van der Waals surface area contributed by atoms with E-state index in [0.29, 0.717) is 0 Å². The average molecular weight is 838 g/mol. The van der Waals surface area contributed by atoms with Gasteiger partial charge in [-0.25, -0.2) is 0 Å². The summed E-state index contributed by atoms with van der Waals surface area (Å²) < 4.78 is 7.86. The minimum atomic E-state index is -0.0160. The van der Waals surface area contributed by atoms with Crippen molar-refractivity contribution in [1.82, 2.24) is 13.7 Å². The summed E-state index contributed by atoms with van der Waals surface area (Å²) in [7, 11) is 0. The zero-order valence-electron chi connectivity index (χ0n) is 37.1. The molecule has 0 saturated heterocycles. The molecule has 0 unspecified atom stereocenters. The Morgan fingerprint density at radius 1 is 0.318 bits per heavy atom. The zero-order chi connectivity index (χ0) is 43.4. The Morgan fingerprint density at radius 2 is 0.727 bits per heavy atom. The molecule has 306 valence electrons. The van der Waals surface area contributed by atoms with Gasteiger partial charge in [-0.2, -0.15) is 0 Å². The highest BCUT2D eigenvalue weighted by molar-refractivity contribution is 7.00. The molecule has 2 aliphatic heterocycles. The third-order valence-corrected chi connectivity index (χ3v) is 15.7. The van der Waals surface area contributed by atoms with Crippen LogP contribution < -0.4 is 16.4 Å². The fourth-order valence-electron chi connectivity index (χ4n) is 13.1. The number of fused-ring (bicyclic) bond motifs is 21. The minimum Gasteiger partial charge on any atom is -0.310 e. The summed E-state index contributed by atoms with van der Waals surface area (Å²) >= 11 is 0. The number of nitrogens with zero attached hydrogens (tertiary/aromatic N) is 3. The van der Waals surface area contributed by atoms with Crippen molar-refractivity contribution >= 4 is 132 Å². The van der Waals surface area contributed by atoms with Gasteiger partial charge in [-0.1, -0.05) is 156 Å². The molecule has 0 fully saturated rings. The molecule has 0 bridgehead atoms. The standard InChI is InChI=1S/C62H40BN3/c1-33-13-19-42-37(25-33)17-23-52-56(42)58-44-21-15-35(3)27-39(44)29-48-61(58)65(52)54-31-41(64-50-11-7-5-9-46(50)47-10-6-8-12-51(47)64)32-55-60(54)63(48)49-30-40-28-36(4)16-22-45(40)59-57-43-20-14-34(2)26-38(43)18-24-53(57)66(55)62(49)59/h5-32H,1-4H3. The number of benzene rings is 11. The second kappa shape index (κ2) is 12.0. The highest BCUT2D eigenvalue weighted by Crippen LogP contribution is 2.47. The van der Waals surface area contributed by atoms with Gasteiger partial charge in [0.05, 0.1) is 38.8 Å². The molecule has 4 heteroatoms. The predicted molar refractivity (Wildman–Crippen MR) is 283 cm³/mol. The fraction of sp³-hybridized carbons (Fsp3) is 0.0645. The summed E-state index contributed by atoms with van der Waals surface area (Å²) in [4.78, 5) is 0. The lowest BCUT2D eigenvalue weighted by Crippen LogP contribution is -2.59. The molecule has 2 aliphatic rings. The van der Waals surface area contributed by atoms with Crippen molar-refractivity contribution in [3.05, 3.63) is 192 Å². The van der Waals surface area contributed by atoms with E-state index in [1.807, 2.05) is 0 Å². The van der Waals surface area contributed by atoms with Crippen molar-refractivity contribution in [2.75, 3.05) is 0 Å². The molecule has 0 N–H and O–H groups in total. The topological polar surface area (TPSA) is 14.8 Å². The molecule has 3 aromatic heterocycles. The number of hydrogen-bond acceptors (Lipinski definition) is 0. The van der Waals surface area contributed by atoms with Gasteiger partial charge in [-0.15, -0.1) is 0 Å². The van der Waals surface area contributed by atoms with Crippen LogP contribution in [0.2, 0.25) is 0 Å². The molecule has 0 amide bonds. The van der Waals surface area contributed by atoms with Crippen molar-refractivity contribution in [2.24, 2.45) is 0 Å². The van der Waals surface area contributed by atoms with Crippen LogP contribution in [0.25, 0.3) is 126 Å². The number of rotatable bonds is 1. The van der Waals surface area contributed by atoms with E-state index in [2.05, 4.69) is 211 Å². The van der Waals surface area contributed by atoms with E-state index in [-0.39, 0.29) is 6.71 Å². The molecule has 5 heterocycles. The number of hydrogen-bond donors (Lipinski definition) is 0. The quantitative estimate of drug-likeness (QED) is 0.146. The Hall–Kier alpha value is -8.08. The summed E-state index contributed by atoms with van der Waals surface area (Å²) in [5.74, 6) is 0. The van der Waals surface area contributed by atoms with Gasteiger partial charge in [-0.05, 0) is 124 Å². The molecule has 3 nitrogen and oxygen atoms in total. The monoisotopic (exact) mass is 837 g/mol. The van der Waals surface area contributed by atoms with Crippen LogP contribution in [0.4, 0.5) is 0 Å². The van der Waals surface area contributed by atoms with Crippen molar-refractivity contribution in [3.63, 3.8) is 0 Å². The van der Waals surface area contributed by atoms with Crippen molar-refractivity contribution in [1.29, 1.82) is 0 Å². The molecule has 66 heavy (non-hydrogen) atoms. The summed E-state index contributed by atoms with van der Waals surface area (Å²) in [5.41, 5.74) is 20.5. The molecule has 0 atom stereocenters. The zero-order valence-corrected chi connectivity index (χ0v) is 37.1. The van der Waals surface area contributed by atoms with Gasteiger partial charge in [0.2, 0.25) is 0 Å². The average Bonchev–Trinajstić information content (AvgIpc) is 3.98. The third-order valence-electron chi connectivity index (χ3n) is 15.7. The summed E-state index contributed by atoms with van der Waals surface area (Å²) in [5, 5.41) is 18.3. The van der Waals surface area contributed by atoms with Gasteiger partial charge in [0.25, 0.3) is 6.71 Å². The fourth-order valence-corrected chi connectivity index (χ4v) is 13.1. The van der Waals surface area contributed by atoms with E-state index in [0.717, 1.165) is 5.69 Å². The van der Waals surface area contributed by atoms with E-state index in [1.165, 1.54) is 159 Å². The SMILES string of the molecule is Cc1ccc2c(ccc3c2c2c4ccc(C)cc4cc4c2n3-c2cc(-n3c5ccccc5c5ccccc53)cc3c2B4c2cc4cc(C)ccc4c4c5c6ccc(C)cc6ccc5n-3c24)c1. The van der Waals surface area contributed by atoms with Crippen LogP contribution in [-0.4, -0.2) is 20.4 Å². The molecule has 14 aromatic rings. The van der Waals surface area contributed by atoms with E-state index < -0.39 is 0 Å². The van der Waals surface area contributed by atoms with Crippen molar-refractivity contribution in [2.45, 2.75) is 27.7 Å². The number of aromatic nitrogens is 3. The molecular weight excluding hydrogens is 798 g/mol. The largest absolute Gasteiger partial charge is 0.310 e. The summed E-state index contributed by atoms with van der Waals surface area (Å²) in [6.45, 7) is 8.87. The lowest BCUT2D eigenvalue weighted by Gasteiger charge is -2.35. The van der Waals surface area contributed by atoms with Crippen molar-refractivity contribution < 1.29 is 0 Å². The Balaban J connectivity index is 1.19. The predicted octanol–water partition coefficient (Wildman–Crippen LogP) is 14.0. The van der Waals surface area contributed by atoms with Crippen LogP contribution in [0.1, 0.15) is 22.3 Å². The highest BCUT2D eigenvalue weighted by atomic mass is 15.1. The van der Waals surface area contributed by atoms with Gasteiger partial charge in [0, 0.05) is 43.7 Å². The van der Waals surface area contributed by atoms with Crippen LogP contribution >= 0.6 is 0 Å².